The summed E-state index contributed by atoms with van der Waals surface area (Å²) in [6.07, 6.45) is -4.11. The maximum atomic E-state index is 12.9. The smallest absolute Gasteiger partial charge is 0.308 e. The molecular weight excluding hydrogens is 218 g/mol. The number of carbonyl (C=O) groups is 1. The van der Waals surface area contributed by atoms with Gasteiger partial charge >= 0.3 is 5.97 Å². The fourth-order valence-electron chi connectivity index (χ4n) is 1.05. The lowest BCUT2D eigenvalue weighted by Crippen LogP contribution is -2.09. The average Bonchev–Trinajstić information content (AvgIpc) is 2.08. The summed E-state index contributed by atoms with van der Waals surface area (Å²) >= 11 is 0. The second-order valence-corrected chi connectivity index (χ2v) is 2.67. The van der Waals surface area contributed by atoms with E-state index in [-0.39, 0.29) is 0 Å². The number of hydrogen-bond donors (Lipinski definition) is 1. The van der Waals surface area contributed by atoms with E-state index in [0.29, 0.717) is 6.07 Å². The number of carboxylic acids is 1. The topological polar surface area (TPSA) is 50.2 Å². The lowest BCUT2D eigenvalue weighted by molar-refractivity contribution is -0.136. The van der Waals surface area contributed by atoms with Crippen molar-refractivity contribution in [1.29, 1.82) is 0 Å². The van der Waals surface area contributed by atoms with E-state index in [1.165, 1.54) is 0 Å². The van der Waals surface area contributed by atoms with Gasteiger partial charge in [-0.05, 0) is 0 Å². The predicted octanol–water partition coefficient (Wildman–Crippen LogP) is 1.92. The molecule has 0 saturated carbocycles. The summed E-state index contributed by atoms with van der Waals surface area (Å²) in [6, 6.07) is 0.325. The SMILES string of the molecule is O=C(O)Cc1c(C(F)F)cc(F)nc1F. The molecule has 1 N–H and O–H groups in total. The number of pyridine rings is 1. The molecule has 1 aromatic heterocycles. The van der Waals surface area contributed by atoms with E-state index in [4.69, 9.17) is 5.11 Å². The summed E-state index contributed by atoms with van der Waals surface area (Å²) in [5.41, 5.74) is -1.78. The molecule has 82 valence electrons. The second-order valence-electron chi connectivity index (χ2n) is 2.67. The number of hydrogen-bond acceptors (Lipinski definition) is 2. The van der Waals surface area contributed by atoms with Crippen LogP contribution in [0.25, 0.3) is 0 Å². The van der Waals surface area contributed by atoms with Crippen molar-refractivity contribution >= 4 is 5.97 Å². The molecule has 1 rings (SSSR count). The van der Waals surface area contributed by atoms with Crippen LogP contribution in [0.3, 0.4) is 0 Å². The lowest BCUT2D eigenvalue weighted by Gasteiger charge is -2.07. The Balaban J connectivity index is 3.26. The van der Waals surface area contributed by atoms with Crippen molar-refractivity contribution < 1.29 is 27.5 Å². The van der Waals surface area contributed by atoms with Crippen LogP contribution in [0.2, 0.25) is 0 Å². The molecule has 1 aromatic rings. The lowest BCUT2D eigenvalue weighted by atomic mass is 10.1. The first-order valence-electron chi connectivity index (χ1n) is 3.76. The Morgan fingerprint density at radius 3 is 2.53 bits per heavy atom. The van der Waals surface area contributed by atoms with Crippen molar-refractivity contribution in [3.63, 3.8) is 0 Å². The highest BCUT2D eigenvalue weighted by Gasteiger charge is 2.21. The summed E-state index contributed by atoms with van der Waals surface area (Å²) in [5, 5.41) is 8.33. The number of halogens is 4. The Kier molecular flexibility index (Phi) is 3.23. The van der Waals surface area contributed by atoms with Gasteiger partial charge in [-0.15, -0.1) is 0 Å². The summed E-state index contributed by atoms with van der Waals surface area (Å²) < 4.78 is 49.9. The van der Waals surface area contributed by atoms with Gasteiger partial charge in [0.05, 0.1) is 6.42 Å². The van der Waals surface area contributed by atoms with Crippen molar-refractivity contribution in [2.45, 2.75) is 12.8 Å². The van der Waals surface area contributed by atoms with Crippen LogP contribution in [0.4, 0.5) is 17.6 Å². The van der Waals surface area contributed by atoms with Gasteiger partial charge in [0.2, 0.25) is 11.9 Å². The summed E-state index contributed by atoms with van der Waals surface area (Å²) in [4.78, 5) is 12.9. The monoisotopic (exact) mass is 223 g/mol. The third kappa shape index (κ3) is 2.64. The van der Waals surface area contributed by atoms with E-state index >= 15 is 0 Å². The molecule has 1 heterocycles. The van der Waals surface area contributed by atoms with E-state index in [1.807, 2.05) is 0 Å². The quantitative estimate of drug-likeness (QED) is 0.629. The molecule has 0 fully saturated rings. The molecule has 0 aliphatic rings. The van der Waals surface area contributed by atoms with Crippen molar-refractivity contribution in [1.82, 2.24) is 4.98 Å². The minimum atomic E-state index is -3.15. The second kappa shape index (κ2) is 4.24. The number of carboxylic acid groups (broad SMARTS) is 1. The first-order valence-corrected chi connectivity index (χ1v) is 3.76. The van der Waals surface area contributed by atoms with E-state index < -0.39 is 41.8 Å². The van der Waals surface area contributed by atoms with Crippen LogP contribution in [0.1, 0.15) is 17.6 Å². The van der Waals surface area contributed by atoms with Crippen molar-refractivity contribution in [2.75, 3.05) is 0 Å². The van der Waals surface area contributed by atoms with Crippen LogP contribution in [-0.4, -0.2) is 16.1 Å². The molecule has 0 bridgehead atoms. The molecule has 0 spiro atoms. The summed E-state index contributed by atoms with van der Waals surface area (Å²) in [5.74, 6) is -4.42. The van der Waals surface area contributed by atoms with Gasteiger partial charge in [0.25, 0.3) is 6.43 Å². The van der Waals surface area contributed by atoms with Gasteiger partial charge in [0, 0.05) is 17.2 Å². The largest absolute Gasteiger partial charge is 0.481 e. The van der Waals surface area contributed by atoms with Crippen LogP contribution in [0.5, 0.6) is 0 Å². The Bertz CT molecular complexity index is 394. The minimum absolute atomic E-state index is 0.325. The van der Waals surface area contributed by atoms with E-state index in [0.717, 1.165) is 0 Å². The van der Waals surface area contributed by atoms with Gasteiger partial charge in [-0.2, -0.15) is 13.8 Å². The third-order valence-corrected chi connectivity index (χ3v) is 1.64. The molecule has 0 saturated heterocycles. The number of rotatable bonds is 3. The van der Waals surface area contributed by atoms with Crippen LogP contribution >= 0.6 is 0 Å². The van der Waals surface area contributed by atoms with Crippen molar-refractivity contribution in [3.8, 4) is 0 Å². The first kappa shape index (κ1) is 11.4. The Labute approximate surface area is 81.4 Å². The van der Waals surface area contributed by atoms with Gasteiger partial charge in [0.15, 0.2) is 0 Å². The number of nitrogens with zero attached hydrogens (tertiary/aromatic N) is 1. The zero-order chi connectivity index (χ0) is 11.6. The van der Waals surface area contributed by atoms with E-state index in [2.05, 4.69) is 4.98 Å². The molecule has 0 amide bonds. The predicted molar refractivity (Wildman–Crippen MR) is 40.4 cm³/mol. The molecule has 0 aliphatic heterocycles. The first-order chi connectivity index (χ1) is 6.91. The molecule has 0 aliphatic carbocycles. The summed E-state index contributed by atoms with van der Waals surface area (Å²) in [6.45, 7) is 0. The standard InChI is InChI=1S/C8H5F4NO2/c9-5-1-3(7(10)11)4(2-6(14)15)8(12)13-5/h1,7H,2H2,(H,14,15). The number of alkyl halides is 2. The maximum Gasteiger partial charge on any atom is 0.308 e. The zero-order valence-electron chi connectivity index (χ0n) is 7.18. The van der Waals surface area contributed by atoms with E-state index in [1.54, 1.807) is 0 Å². The van der Waals surface area contributed by atoms with Gasteiger partial charge in [-0.1, -0.05) is 0 Å². The fourth-order valence-corrected chi connectivity index (χ4v) is 1.05. The van der Waals surface area contributed by atoms with Gasteiger partial charge in [-0.25, -0.2) is 8.78 Å². The van der Waals surface area contributed by atoms with Crippen LogP contribution in [0.15, 0.2) is 6.07 Å². The molecule has 0 atom stereocenters. The number of aliphatic carboxylic acids is 1. The number of aromatic nitrogens is 1. The van der Waals surface area contributed by atoms with Crippen LogP contribution in [-0.2, 0) is 11.2 Å². The average molecular weight is 223 g/mol. The molecule has 0 aromatic carbocycles. The highest BCUT2D eigenvalue weighted by molar-refractivity contribution is 5.70. The zero-order valence-corrected chi connectivity index (χ0v) is 7.18. The maximum absolute atomic E-state index is 12.9. The highest BCUT2D eigenvalue weighted by atomic mass is 19.3. The molecule has 0 radical (unpaired) electrons. The van der Waals surface area contributed by atoms with Gasteiger partial charge in [-0.3, -0.25) is 4.79 Å². The fraction of sp³-hybridized carbons (Fsp3) is 0.250. The Morgan fingerprint density at radius 2 is 2.07 bits per heavy atom. The molecular formula is C8H5F4NO2. The molecule has 3 nitrogen and oxygen atoms in total. The van der Waals surface area contributed by atoms with E-state index in [9.17, 15) is 22.4 Å². The Morgan fingerprint density at radius 1 is 1.47 bits per heavy atom. The van der Waals surface area contributed by atoms with Crippen LogP contribution < -0.4 is 0 Å². The summed E-state index contributed by atoms with van der Waals surface area (Å²) in [7, 11) is 0. The van der Waals surface area contributed by atoms with Crippen molar-refractivity contribution in [2.24, 2.45) is 0 Å². The van der Waals surface area contributed by atoms with Gasteiger partial charge < -0.3 is 5.11 Å². The third-order valence-electron chi connectivity index (χ3n) is 1.64. The van der Waals surface area contributed by atoms with Crippen molar-refractivity contribution in [3.05, 3.63) is 29.1 Å². The van der Waals surface area contributed by atoms with Crippen LogP contribution in [0, 0.1) is 11.9 Å². The normalized spacial score (nSPS) is 10.7. The minimum Gasteiger partial charge on any atom is -0.481 e. The highest BCUT2D eigenvalue weighted by Crippen LogP contribution is 2.25. The molecule has 0 unspecified atom stereocenters. The molecule has 15 heavy (non-hydrogen) atoms. The molecule has 7 heteroatoms. The Hall–Kier alpha value is -1.66. The van der Waals surface area contributed by atoms with Gasteiger partial charge in [0.1, 0.15) is 0 Å².